The molecule has 2 fully saturated rings. The van der Waals surface area contributed by atoms with Crippen molar-refractivity contribution >= 4 is 0 Å². The second-order valence-electron chi connectivity index (χ2n) is 4.85. The van der Waals surface area contributed by atoms with Gasteiger partial charge in [-0.1, -0.05) is 0 Å². The van der Waals surface area contributed by atoms with E-state index in [4.69, 9.17) is 4.74 Å². The summed E-state index contributed by atoms with van der Waals surface area (Å²) in [5.74, 6) is 0. The first-order valence-corrected chi connectivity index (χ1v) is 6.42. The summed E-state index contributed by atoms with van der Waals surface area (Å²) in [6.07, 6.45) is 5.60. The van der Waals surface area contributed by atoms with Crippen molar-refractivity contribution in [2.75, 3.05) is 32.8 Å². The summed E-state index contributed by atoms with van der Waals surface area (Å²) in [7, 11) is 0. The molecule has 2 unspecified atom stereocenters. The highest BCUT2D eigenvalue weighted by atomic mass is 16.5. The van der Waals surface area contributed by atoms with Crippen molar-refractivity contribution in [3.05, 3.63) is 0 Å². The van der Waals surface area contributed by atoms with Gasteiger partial charge in [0.25, 0.3) is 0 Å². The highest BCUT2D eigenvalue weighted by molar-refractivity contribution is 4.75. The molecular formula is C12H24N2O. The second-order valence-corrected chi connectivity index (χ2v) is 4.85. The quantitative estimate of drug-likeness (QED) is 0.762. The largest absolute Gasteiger partial charge is 0.378 e. The van der Waals surface area contributed by atoms with Crippen LogP contribution in [0.2, 0.25) is 0 Å². The summed E-state index contributed by atoms with van der Waals surface area (Å²) in [5.41, 5.74) is 0. The minimum Gasteiger partial charge on any atom is -0.378 e. The predicted molar refractivity (Wildman–Crippen MR) is 62.1 cm³/mol. The molecule has 3 nitrogen and oxygen atoms in total. The summed E-state index contributed by atoms with van der Waals surface area (Å²) in [6.45, 7) is 8.08. The van der Waals surface area contributed by atoms with E-state index < -0.39 is 0 Å². The molecule has 0 aromatic rings. The van der Waals surface area contributed by atoms with Crippen LogP contribution in [0.15, 0.2) is 0 Å². The van der Waals surface area contributed by atoms with Crippen molar-refractivity contribution in [1.29, 1.82) is 0 Å². The molecule has 2 saturated heterocycles. The van der Waals surface area contributed by atoms with Crippen molar-refractivity contribution < 1.29 is 4.74 Å². The predicted octanol–water partition coefficient (Wildman–Crippen LogP) is 1.24. The lowest BCUT2D eigenvalue weighted by Gasteiger charge is -2.27. The third-order valence-corrected chi connectivity index (χ3v) is 3.70. The third-order valence-electron chi connectivity index (χ3n) is 3.70. The Hall–Kier alpha value is -0.120. The molecule has 2 aliphatic heterocycles. The molecule has 0 radical (unpaired) electrons. The van der Waals surface area contributed by atoms with Crippen LogP contribution in [0, 0.1) is 0 Å². The van der Waals surface area contributed by atoms with Crippen LogP contribution < -0.4 is 5.32 Å². The lowest BCUT2D eigenvalue weighted by Crippen LogP contribution is -2.36. The first kappa shape index (κ1) is 11.4. The van der Waals surface area contributed by atoms with E-state index in [0.29, 0.717) is 6.10 Å². The van der Waals surface area contributed by atoms with Crippen molar-refractivity contribution in [3.63, 3.8) is 0 Å². The highest BCUT2D eigenvalue weighted by Crippen LogP contribution is 2.17. The van der Waals surface area contributed by atoms with E-state index in [0.717, 1.165) is 19.2 Å². The van der Waals surface area contributed by atoms with Crippen LogP contribution >= 0.6 is 0 Å². The molecular weight excluding hydrogens is 188 g/mol. The van der Waals surface area contributed by atoms with E-state index in [9.17, 15) is 0 Å². The second kappa shape index (κ2) is 5.83. The molecule has 0 aromatic heterocycles. The molecule has 2 aliphatic rings. The zero-order valence-corrected chi connectivity index (χ0v) is 9.87. The van der Waals surface area contributed by atoms with Gasteiger partial charge in [-0.3, -0.25) is 4.90 Å². The van der Waals surface area contributed by atoms with E-state index in [1.807, 2.05) is 0 Å². The Morgan fingerprint density at radius 2 is 2.27 bits per heavy atom. The zero-order valence-electron chi connectivity index (χ0n) is 9.87. The minimum atomic E-state index is 0.549. The molecule has 2 rings (SSSR count). The van der Waals surface area contributed by atoms with Gasteiger partial charge < -0.3 is 10.1 Å². The van der Waals surface area contributed by atoms with Crippen molar-refractivity contribution in [1.82, 2.24) is 10.2 Å². The number of nitrogens with zero attached hydrogens (tertiary/aromatic N) is 1. The number of nitrogens with one attached hydrogen (secondary N) is 1. The highest BCUT2D eigenvalue weighted by Gasteiger charge is 2.20. The van der Waals surface area contributed by atoms with Gasteiger partial charge in [-0.2, -0.15) is 0 Å². The molecule has 0 aliphatic carbocycles. The van der Waals surface area contributed by atoms with Crippen molar-refractivity contribution in [3.8, 4) is 0 Å². The Morgan fingerprint density at radius 1 is 1.33 bits per heavy atom. The fraction of sp³-hybridized carbons (Fsp3) is 1.00. The van der Waals surface area contributed by atoms with Crippen LogP contribution in [0.25, 0.3) is 0 Å². The number of rotatable bonds is 3. The summed E-state index contributed by atoms with van der Waals surface area (Å²) in [4.78, 5) is 2.61. The van der Waals surface area contributed by atoms with Crippen molar-refractivity contribution in [2.45, 2.75) is 44.8 Å². The Balaban J connectivity index is 1.71. The number of ether oxygens (including phenoxy) is 1. The van der Waals surface area contributed by atoms with Crippen LogP contribution in [-0.2, 0) is 4.74 Å². The van der Waals surface area contributed by atoms with Crippen LogP contribution in [0.4, 0.5) is 0 Å². The Bertz CT molecular complexity index is 180. The van der Waals surface area contributed by atoms with Gasteiger partial charge in [0.2, 0.25) is 0 Å². The maximum absolute atomic E-state index is 5.67. The maximum atomic E-state index is 5.67. The molecule has 0 bridgehead atoms. The lowest BCUT2D eigenvalue weighted by atomic mass is 10.1. The molecule has 0 spiro atoms. The average molecular weight is 212 g/mol. The number of hydrogen-bond acceptors (Lipinski definition) is 3. The summed E-state index contributed by atoms with van der Waals surface area (Å²) in [5, 5.41) is 3.46. The Kier molecular flexibility index (Phi) is 4.42. The normalized spacial score (nSPS) is 34.2. The van der Waals surface area contributed by atoms with E-state index in [2.05, 4.69) is 17.1 Å². The van der Waals surface area contributed by atoms with Gasteiger partial charge in [-0.25, -0.2) is 0 Å². The smallest absolute Gasteiger partial charge is 0.0588 e. The molecule has 0 aromatic carbocycles. The molecule has 88 valence electrons. The standard InChI is InChI=1S/C12H24N2O/c1-11-4-6-13-7-9-14(11)8-5-12-3-2-10-15-12/h11-13H,2-10H2,1H3. The van der Waals surface area contributed by atoms with E-state index in [1.165, 1.54) is 45.3 Å². The molecule has 0 amide bonds. The Labute approximate surface area is 93.2 Å². The first-order valence-electron chi connectivity index (χ1n) is 6.42. The fourth-order valence-electron chi connectivity index (χ4n) is 2.58. The third kappa shape index (κ3) is 3.44. The van der Waals surface area contributed by atoms with Gasteiger partial charge in [-0.15, -0.1) is 0 Å². The van der Waals surface area contributed by atoms with E-state index in [-0.39, 0.29) is 0 Å². The maximum Gasteiger partial charge on any atom is 0.0588 e. The van der Waals surface area contributed by atoms with Gasteiger partial charge in [0.05, 0.1) is 6.10 Å². The molecule has 3 heteroatoms. The van der Waals surface area contributed by atoms with Gasteiger partial charge in [0.15, 0.2) is 0 Å². The summed E-state index contributed by atoms with van der Waals surface area (Å²) >= 11 is 0. The van der Waals surface area contributed by atoms with Gasteiger partial charge in [0, 0.05) is 32.3 Å². The number of hydrogen-bond donors (Lipinski definition) is 1. The molecule has 15 heavy (non-hydrogen) atoms. The Morgan fingerprint density at radius 3 is 3.07 bits per heavy atom. The fourth-order valence-corrected chi connectivity index (χ4v) is 2.58. The van der Waals surface area contributed by atoms with Crippen LogP contribution in [0.5, 0.6) is 0 Å². The molecule has 1 N–H and O–H groups in total. The van der Waals surface area contributed by atoms with Gasteiger partial charge >= 0.3 is 0 Å². The molecule has 2 heterocycles. The summed E-state index contributed by atoms with van der Waals surface area (Å²) < 4.78 is 5.67. The zero-order chi connectivity index (χ0) is 10.5. The monoisotopic (exact) mass is 212 g/mol. The van der Waals surface area contributed by atoms with Gasteiger partial charge in [-0.05, 0) is 39.2 Å². The van der Waals surface area contributed by atoms with Gasteiger partial charge in [0.1, 0.15) is 0 Å². The average Bonchev–Trinajstić information content (AvgIpc) is 2.67. The summed E-state index contributed by atoms with van der Waals surface area (Å²) in [6, 6.07) is 0.737. The molecule has 0 saturated carbocycles. The SMILES string of the molecule is CC1CCNCCN1CCC1CCCO1. The van der Waals surface area contributed by atoms with Crippen LogP contribution in [0.1, 0.15) is 32.6 Å². The molecule has 2 atom stereocenters. The minimum absolute atomic E-state index is 0.549. The lowest BCUT2D eigenvalue weighted by molar-refractivity contribution is 0.0869. The first-order chi connectivity index (χ1) is 7.36. The van der Waals surface area contributed by atoms with Crippen LogP contribution in [0.3, 0.4) is 0 Å². The topological polar surface area (TPSA) is 24.5 Å². The van der Waals surface area contributed by atoms with E-state index in [1.54, 1.807) is 0 Å². The van der Waals surface area contributed by atoms with Crippen molar-refractivity contribution in [2.24, 2.45) is 0 Å². The van der Waals surface area contributed by atoms with E-state index >= 15 is 0 Å². The van der Waals surface area contributed by atoms with Crippen LogP contribution in [-0.4, -0.2) is 49.8 Å².